The van der Waals surface area contributed by atoms with E-state index in [1.165, 1.54) is 4.57 Å². The normalized spacial score (nSPS) is 11.7. The summed E-state index contributed by atoms with van der Waals surface area (Å²) in [6.45, 7) is 1.85. The van der Waals surface area contributed by atoms with Gasteiger partial charge in [0.1, 0.15) is 12.7 Å². The third kappa shape index (κ3) is 4.77. The predicted molar refractivity (Wildman–Crippen MR) is 70.7 cm³/mol. The van der Waals surface area contributed by atoms with Crippen molar-refractivity contribution in [3.63, 3.8) is 0 Å². The summed E-state index contributed by atoms with van der Waals surface area (Å²) in [5, 5.41) is 10.7. The molecule has 10 heteroatoms. The van der Waals surface area contributed by atoms with E-state index in [0.717, 1.165) is 6.20 Å². The highest BCUT2D eigenvalue weighted by Crippen LogP contribution is 2.12. The Labute approximate surface area is 116 Å². The molecule has 0 aliphatic rings. The number of rotatable bonds is 8. The van der Waals surface area contributed by atoms with Crippen molar-refractivity contribution >= 4 is 27.4 Å². The molecule has 0 aromatic carbocycles. The zero-order valence-corrected chi connectivity index (χ0v) is 11.9. The maximum atomic E-state index is 11.5. The van der Waals surface area contributed by atoms with Crippen LogP contribution < -0.4 is 4.72 Å². The Morgan fingerprint density at radius 1 is 1.58 bits per heavy atom. The second-order valence-electron chi connectivity index (χ2n) is 3.83. The second kappa shape index (κ2) is 6.83. The van der Waals surface area contributed by atoms with Crippen LogP contribution in [0.1, 0.15) is 12.2 Å². The molecule has 0 radical (unpaired) electrons. The van der Waals surface area contributed by atoms with Crippen molar-refractivity contribution in [3.05, 3.63) is 22.1 Å². The van der Waals surface area contributed by atoms with Crippen LogP contribution in [0.15, 0.2) is 6.20 Å². The van der Waals surface area contributed by atoms with E-state index in [0.29, 0.717) is 12.2 Å². The van der Waals surface area contributed by atoms with Crippen molar-refractivity contribution in [1.29, 1.82) is 0 Å². The molecule has 0 aliphatic carbocycles. The van der Waals surface area contributed by atoms with Crippen molar-refractivity contribution in [2.75, 3.05) is 18.2 Å². The highest BCUT2D eigenvalue weighted by molar-refractivity contribution is 7.89. The Kier molecular flexibility index (Phi) is 5.70. The molecule has 0 saturated heterocycles. The summed E-state index contributed by atoms with van der Waals surface area (Å²) in [7, 11) is -3.38. The number of imidazole rings is 1. The zero-order valence-electron chi connectivity index (χ0n) is 10.4. The fraction of sp³-hybridized carbons (Fsp3) is 0.667. The van der Waals surface area contributed by atoms with Gasteiger partial charge in [-0.25, -0.2) is 22.7 Å². The monoisotopic (exact) mass is 310 g/mol. The van der Waals surface area contributed by atoms with E-state index >= 15 is 0 Å². The molecule has 1 rings (SSSR count). The van der Waals surface area contributed by atoms with Crippen molar-refractivity contribution < 1.29 is 13.3 Å². The molecular weight excluding hydrogens is 296 g/mol. The quantitative estimate of drug-likeness (QED) is 0.431. The number of nitrogens with zero attached hydrogens (tertiary/aromatic N) is 3. The van der Waals surface area contributed by atoms with Gasteiger partial charge in [-0.3, -0.25) is 0 Å². The van der Waals surface area contributed by atoms with Gasteiger partial charge in [-0.05, 0) is 11.3 Å². The molecule has 0 spiro atoms. The lowest BCUT2D eigenvalue weighted by Gasteiger charge is -2.06. The van der Waals surface area contributed by atoms with Gasteiger partial charge in [-0.2, -0.15) is 0 Å². The molecular formula is C9H15ClN4O4S. The lowest BCUT2D eigenvalue weighted by atomic mass is 10.5. The fourth-order valence-electron chi connectivity index (χ4n) is 1.51. The topological polar surface area (TPSA) is 107 Å². The first kappa shape index (κ1) is 15.9. The molecule has 1 N–H and O–H groups in total. The van der Waals surface area contributed by atoms with Gasteiger partial charge in [0.15, 0.2) is 5.82 Å². The molecule has 1 aromatic heterocycles. The summed E-state index contributed by atoms with van der Waals surface area (Å²) in [6, 6.07) is 0. The maximum absolute atomic E-state index is 11.5. The molecule has 8 nitrogen and oxygen atoms in total. The van der Waals surface area contributed by atoms with Crippen molar-refractivity contribution in [3.8, 4) is 0 Å². The number of sulfonamides is 1. The Balaban J connectivity index is 2.59. The van der Waals surface area contributed by atoms with Gasteiger partial charge in [0.25, 0.3) is 0 Å². The highest BCUT2D eigenvalue weighted by Gasteiger charge is 2.17. The molecule has 0 bridgehead atoms. The number of nitrogens with one attached hydrogen (secondary N) is 1. The molecule has 0 amide bonds. The van der Waals surface area contributed by atoms with Gasteiger partial charge in [0.2, 0.25) is 10.0 Å². The van der Waals surface area contributed by atoms with Crippen LogP contribution >= 0.6 is 11.6 Å². The lowest BCUT2D eigenvalue weighted by molar-refractivity contribution is -0.392. The van der Waals surface area contributed by atoms with Crippen molar-refractivity contribution in [1.82, 2.24) is 14.3 Å². The van der Waals surface area contributed by atoms with Gasteiger partial charge in [-0.1, -0.05) is 0 Å². The van der Waals surface area contributed by atoms with Crippen LogP contribution in [0.4, 0.5) is 5.82 Å². The Bertz CT molecular complexity index is 542. The number of aromatic nitrogens is 2. The van der Waals surface area contributed by atoms with Crippen LogP contribution in [0.2, 0.25) is 0 Å². The smallest absolute Gasteiger partial charge is 0.342 e. The number of hydrogen-bond acceptors (Lipinski definition) is 5. The SMILES string of the molecule is Cc1ncc([N+](=O)[O-])n1CCNS(=O)(=O)CCCCl. The first-order valence-electron chi connectivity index (χ1n) is 5.57. The minimum absolute atomic E-state index is 0.0541. The third-order valence-electron chi connectivity index (χ3n) is 2.43. The number of hydrogen-bond donors (Lipinski definition) is 1. The van der Waals surface area contributed by atoms with E-state index in [-0.39, 0.29) is 30.5 Å². The fourth-order valence-corrected chi connectivity index (χ4v) is 2.87. The molecule has 19 heavy (non-hydrogen) atoms. The van der Waals surface area contributed by atoms with E-state index in [2.05, 4.69) is 9.71 Å². The lowest BCUT2D eigenvalue weighted by Crippen LogP contribution is -2.30. The molecule has 0 atom stereocenters. The van der Waals surface area contributed by atoms with Crippen LogP contribution in [0, 0.1) is 17.0 Å². The number of aryl methyl sites for hydroxylation is 1. The number of nitro groups is 1. The number of halogens is 1. The van der Waals surface area contributed by atoms with Crippen LogP contribution in [-0.4, -0.2) is 41.1 Å². The first-order valence-corrected chi connectivity index (χ1v) is 7.76. The standard InChI is InChI=1S/C9H15ClN4O4S/c1-8-11-7-9(14(15)16)13(8)5-4-12-19(17,18)6-2-3-10/h7,12H,2-6H2,1H3. The first-order chi connectivity index (χ1) is 8.87. The van der Waals surface area contributed by atoms with E-state index < -0.39 is 14.9 Å². The average molecular weight is 311 g/mol. The van der Waals surface area contributed by atoms with Crippen LogP contribution in [0.5, 0.6) is 0 Å². The van der Waals surface area contributed by atoms with E-state index in [1.807, 2.05) is 0 Å². The molecule has 0 unspecified atom stereocenters. The largest absolute Gasteiger partial charge is 0.358 e. The summed E-state index contributed by atoms with van der Waals surface area (Å²) in [4.78, 5) is 14.0. The molecule has 0 aliphatic heterocycles. The van der Waals surface area contributed by atoms with Crippen molar-refractivity contribution in [2.45, 2.75) is 19.9 Å². The zero-order chi connectivity index (χ0) is 14.5. The van der Waals surface area contributed by atoms with Gasteiger partial charge >= 0.3 is 5.82 Å². The van der Waals surface area contributed by atoms with Gasteiger partial charge in [0.05, 0.1) is 5.75 Å². The van der Waals surface area contributed by atoms with E-state index in [4.69, 9.17) is 11.6 Å². The predicted octanol–water partition coefficient (Wildman–Crippen LogP) is 0.648. The summed E-state index contributed by atoms with van der Waals surface area (Å²) >= 11 is 5.42. The third-order valence-corrected chi connectivity index (χ3v) is 4.16. The second-order valence-corrected chi connectivity index (χ2v) is 6.13. The average Bonchev–Trinajstić information content (AvgIpc) is 2.69. The highest BCUT2D eigenvalue weighted by atomic mass is 35.5. The van der Waals surface area contributed by atoms with Gasteiger partial charge in [0, 0.05) is 19.3 Å². The summed E-state index contributed by atoms with van der Waals surface area (Å²) < 4.78 is 26.7. The maximum Gasteiger partial charge on any atom is 0.342 e. The Morgan fingerprint density at radius 2 is 2.26 bits per heavy atom. The summed E-state index contributed by atoms with van der Waals surface area (Å²) in [5.41, 5.74) is 0. The van der Waals surface area contributed by atoms with Crippen molar-refractivity contribution in [2.24, 2.45) is 0 Å². The van der Waals surface area contributed by atoms with Crippen LogP contribution in [0.3, 0.4) is 0 Å². The van der Waals surface area contributed by atoms with Crippen LogP contribution in [0.25, 0.3) is 0 Å². The molecule has 1 heterocycles. The molecule has 1 aromatic rings. The summed E-state index contributed by atoms with van der Waals surface area (Å²) in [5.74, 6) is 0.526. The van der Waals surface area contributed by atoms with Gasteiger partial charge < -0.3 is 10.1 Å². The summed E-state index contributed by atoms with van der Waals surface area (Å²) in [6.07, 6.45) is 1.51. The van der Waals surface area contributed by atoms with Gasteiger partial charge in [-0.15, -0.1) is 11.6 Å². The molecule has 0 saturated carbocycles. The number of alkyl halides is 1. The minimum Gasteiger partial charge on any atom is -0.358 e. The Hall–Kier alpha value is -1.19. The Morgan fingerprint density at radius 3 is 2.84 bits per heavy atom. The van der Waals surface area contributed by atoms with E-state index in [1.54, 1.807) is 6.92 Å². The molecule has 108 valence electrons. The molecule has 0 fully saturated rings. The minimum atomic E-state index is -3.38. The van der Waals surface area contributed by atoms with E-state index in [9.17, 15) is 18.5 Å². The van der Waals surface area contributed by atoms with Crippen LogP contribution in [-0.2, 0) is 16.6 Å².